The summed E-state index contributed by atoms with van der Waals surface area (Å²) in [7, 11) is 1.54. The van der Waals surface area contributed by atoms with Crippen molar-refractivity contribution in [1.82, 2.24) is 10.2 Å². The molecular weight excluding hydrogens is 399 g/mol. The van der Waals surface area contributed by atoms with Crippen molar-refractivity contribution in [1.29, 1.82) is 0 Å². The highest BCUT2D eigenvalue weighted by atomic mass is 35.5. The van der Waals surface area contributed by atoms with E-state index in [1.165, 1.54) is 4.90 Å². The molecule has 2 amide bonds. The predicted molar refractivity (Wildman–Crippen MR) is 112 cm³/mol. The van der Waals surface area contributed by atoms with Crippen LogP contribution in [0.15, 0.2) is 42.5 Å². The van der Waals surface area contributed by atoms with Gasteiger partial charge >= 0.3 is 0 Å². The van der Waals surface area contributed by atoms with E-state index >= 15 is 0 Å². The van der Waals surface area contributed by atoms with Gasteiger partial charge in [-0.05, 0) is 37.1 Å². The maximum absolute atomic E-state index is 13.0. The lowest BCUT2D eigenvalue weighted by Crippen LogP contribution is -2.49. The summed E-state index contributed by atoms with van der Waals surface area (Å²) in [5.41, 5.74) is 1.52. The Morgan fingerprint density at radius 1 is 1.11 bits per heavy atom. The van der Waals surface area contributed by atoms with E-state index in [1.54, 1.807) is 31.3 Å². The lowest BCUT2D eigenvalue weighted by molar-refractivity contribution is -0.142. The largest absolute Gasteiger partial charge is 0.484 e. The van der Waals surface area contributed by atoms with Crippen molar-refractivity contribution in [3.63, 3.8) is 0 Å². The van der Waals surface area contributed by atoms with Crippen molar-refractivity contribution >= 4 is 35.0 Å². The Kier molecular flexibility index (Phi) is 8.15. The normalized spacial score (nSPS) is 11.6. The second-order valence-corrected chi connectivity index (χ2v) is 7.13. The van der Waals surface area contributed by atoms with Crippen LogP contribution in [-0.2, 0) is 16.1 Å². The molecule has 5 nitrogen and oxygen atoms in total. The molecular formula is C21H24Cl2N2O3. The topological polar surface area (TPSA) is 58.6 Å². The third-order valence-corrected chi connectivity index (χ3v) is 5.18. The Morgan fingerprint density at radius 2 is 1.75 bits per heavy atom. The number of amides is 2. The average Bonchev–Trinajstić information content (AvgIpc) is 2.68. The molecule has 0 aliphatic heterocycles. The molecule has 0 aliphatic rings. The Labute approximate surface area is 175 Å². The Bertz CT molecular complexity index is 822. The molecule has 2 rings (SSSR count). The number of nitrogens with one attached hydrogen (secondary N) is 1. The van der Waals surface area contributed by atoms with Crippen molar-refractivity contribution in [3.05, 3.63) is 63.6 Å². The van der Waals surface area contributed by atoms with Gasteiger partial charge in [0.25, 0.3) is 5.91 Å². The zero-order valence-electron chi connectivity index (χ0n) is 16.2. The van der Waals surface area contributed by atoms with Crippen LogP contribution in [0.3, 0.4) is 0 Å². The van der Waals surface area contributed by atoms with Gasteiger partial charge in [-0.2, -0.15) is 0 Å². The summed E-state index contributed by atoms with van der Waals surface area (Å²) in [5.74, 6) is 0.0455. The highest BCUT2D eigenvalue weighted by molar-refractivity contribution is 6.36. The first-order chi connectivity index (χ1) is 13.4. The Morgan fingerprint density at radius 3 is 2.32 bits per heavy atom. The standard InChI is InChI=1S/C21H24Cl2N2O3/c1-4-18(21(27)24-3)25(12-15-16(22)9-7-10-17(15)23)20(26)13-28-19-11-6-5-8-14(19)2/h5-11,18H,4,12-13H2,1-3H3,(H,24,27)/t18-/m0/s1. The van der Waals surface area contributed by atoms with Gasteiger partial charge in [0.2, 0.25) is 5.91 Å². The van der Waals surface area contributed by atoms with Crippen molar-refractivity contribution in [2.75, 3.05) is 13.7 Å². The molecule has 2 aromatic carbocycles. The van der Waals surface area contributed by atoms with Crippen molar-refractivity contribution < 1.29 is 14.3 Å². The summed E-state index contributed by atoms with van der Waals surface area (Å²) in [6.07, 6.45) is 0.442. The summed E-state index contributed by atoms with van der Waals surface area (Å²) < 4.78 is 5.70. The van der Waals surface area contributed by atoms with E-state index in [9.17, 15) is 9.59 Å². The first-order valence-corrected chi connectivity index (χ1v) is 9.77. The molecule has 0 radical (unpaired) electrons. The molecule has 7 heteroatoms. The Hall–Kier alpha value is -2.24. The van der Waals surface area contributed by atoms with E-state index < -0.39 is 6.04 Å². The van der Waals surface area contributed by atoms with Gasteiger partial charge in [-0.3, -0.25) is 9.59 Å². The summed E-state index contributed by atoms with van der Waals surface area (Å²) >= 11 is 12.6. The fourth-order valence-corrected chi connectivity index (χ4v) is 3.40. The SMILES string of the molecule is CC[C@@H](C(=O)NC)N(Cc1c(Cl)cccc1Cl)C(=O)COc1ccccc1C. The lowest BCUT2D eigenvalue weighted by atomic mass is 10.1. The molecule has 0 aliphatic carbocycles. The van der Waals surface area contributed by atoms with E-state index in [0.29, 0.717) is 27.8 Å². The quantitative estimate of drug-likeness (QED) is 0.691. The van der Waals surface area contributed by atoms with Gasteiger partial charge in [-0.25, -0.2) is 0 Å². The minimum absolute atomic E-state index is 0.112. The molecule has 0 aromatic heterocycles. The monoisotopic (exact) mass is 422 g/mol. The number of ether oxygens (including phenoxy) is 1. The molecule has 150 valence electrons. The minimum Gasteiger partial charge on any atom is -0.484 e. The van der Waals surface area contributed by atoms with Crippen LogP contribution >= 0.6 is 23.2 Å². The van der Waals surface area contributed by atoms with Gasteiger partial charge < -0.3 is 15.0 Å². The molecule has 1 N–H and O–H groups in total. The second kappa shape index (κ2) is 10.3. The first kappa shape index (κ1) is 22.1. The summed E-state index contributed by atoms with van der Waals surface area (Å²) in [6.45, 7) is 3.66. The lowest BCUT2D eigenvalue weighted by Gasteiger charge is -2.30. The fraction of sp³-hybridized carbons (Fsp3) is 0.333. The van der Waals surface area contributed by atoms with Crippen LogP contribution in [0.1, 0.15) is 24.5 Å². The molecule has 0 heterocycles. The van der Waals surface area contributed by atoms with E-state index in [4.69, 9.17) is 27.9 Å². The number of para-hydroxylation sites is 1. The molecule has 1 atom stereocenters. The average molecular weight is 423 g/mol. The number of likely N-dealkylation sites (N-methyl/N-ethyl adjacent to an activating group) is 1. The smallest absolute Gasteiger partial charge is 0.261 e. The maximum Gasteiger partial charge on any atom is 0.261 e. The van der Waals surface area contributed by atoms with Crippen LogP contribution in [0.4, 0.5) is 0 Å². The first-order valence-electron chi connectivity index (χ1n) is 9.01. The molecule has 0 saturated carbocycles. The number of hydrogen-bond acceptors (Lipinski definition) is 3. The number of halogens is 2. The van der Waals surface area contributed by atoms with Gasteiger partial charge in [-0.15, -0.1) is 0 Å². The third-order valence-electron chi connectivity index (χ3n) is 4.47. The van der Waals surface area contributed by atoms with Gasteiger partial charge in [0.15, 0.2) is 6.61 Å². The summed E-state index contributed by atoms with van der Waals surface area (Å²) in [5, 5.41) is 3.49. The summed E-state index contributed by atoms with van der Waals surface area (Å²) in [4.78, 5) is 26.8. The zero-order chi connectivity index (χ0) is 20.7. The van der Waals surface area contributed by atoms with Crippen LogP contribution in [0.5, 0.6) is 5.75 Å². The number of hydrogen-bond donors (Lipinski definition) is 1. The van der Waals surface area contributed by atoms with E-state index in [1.807, 2.05) is 32.0 Å². The highest BCUT2D eigenvalue weighted by Gasteiger charge is 2.29. The van der Waals surface area contributed by atoms with Gasteiger partial charge in [-0.1, -0.05) is 54.4 Å². The number of carbonyl (C=O) groups is 2. The highest BCUT2D eigenvalue weighted by Crippen LogP contribution is 2.27. The predicted octanol–water partition coefficient (Wildman–Crippen LogP) is 4.23. The number of rotatable bonds is 8. The molecule has 0 spiro atoms. The van der Waals surface area contributed by atoms with Gasteiger partial charge in [0.1, 0.15) is 11.8 Å². The van der Waals surface area contributed by atoms with E-state index in [2.05, 4.69) is 5.32 Å². The molecule has 0 saturated heterocycles. The minimum atomic E-state index is -0.662. The van der Waals surface area contributed by atoms with Crippen LogP contribution < -0.4 is 10.1 Å². The fourth-order valence-electron chi connectivity index (χ4n) is 2.88. The Balaban J connectivity index is 2.27. The molecule has 0 fully saturated rings. The zero-order valence-corrected chi connectivity index (χ0v) is 17.7. The van der Waals surface area contributed by atoms with Crippen molar-refractivity contribution in [3.8, 4) is 5.75 Å². The van der Waals surface area contributed by atoms with Gasteiger partial charge in [0, 0.05) is 29.2 Å². The van der Waals surface area contributed by atoms with Crippen LogP contribution in [0.2, 0.25) is 10.0 Å². The van der Waals surface area contributed by atoms with Crippen LogP contribution in [0.25, 0.3) is 0 Å². The third kappa shape index (κ3) is 5.40. The number of aryl methyl sites for hydroxylation is 1. The number of carbonyl (C=O) groups excluding carboxylic acids is 2. The molecule has 28 heavy (non-hydrogen) atoms. The summed E-state index contributed by atoms with van der Waals surface area (Å²) in [6, 6.07) is 11.9. The second-order valence-electron chi connectivity index (χ2n) is 6.31. The maximum atomic E-state index is 13.0. The van der Waals surface area contributed by atoms with Crippen LogP contribution in [0, 0.1) is 6.92 Å². The van der Waals surface area contributed by atoms with Gasteiger partial charge in [0.05, 0.1) is 0 Å². The number of nitrogens with zero attached hydrogens (tertiary/aromatic N) is 1. The molecule has 0 unspecified atom stereocenters. The molecule has 2 aromatic rings. The molecule has 0 bridgehead atoms. The van der Waals surface area contributed by atoms with E-state index in [-0.39, 0.29) is 25.0 Å². The van der Waals surface area contributed by atoms with Crippen molar-refractivity contribution in [2.45, 2.75) is 32.9 Å². The van der Waals surface area contributed by atoms with Crippen LogP contribution in [-0.4, -0.2) is 36.4 Å². The van der Waals surface area contributed by atoms with E-state index in [0.717, 1.165) is 5.56 Å². The number of benzene rings is 2. The van der Waals surface area contributed by atoms with Crippen molar-refractivity contribution in [2.24, 2.45) is 0 Å².